The summed E-state index contributed by atoms with van der Waals surface area (Å²) in [5, 5.41) is 12.2. The van der Waals surface area contributed by atoms with Crippen molar-refractivity contribution in [3.63, 3.8) is 0 Å². The first-order valence-electron chi connectivity index (χ1n) is 6.62. The van der Waals surface area contributed by atoms with E-state index in [1.54, 1.807) is 0 Å². The van der Waals surface area contributed by atoms with Crippen molar-refractivity contribution in [1.82, 2.24) is 15.5 Å². The van der Waals surface area contributed by atoms with Gasteiger partial charge in [0.05, 0.1) is 5.69 Å². The predicted octanol–water partition coefficient (Wildman–Crippen LogP) is 1.96. The number of aromatic nitrogens is 2. The highest BCUT2D eigenvalue weighted by molar-refractivity contribution is 5.39. The van der Waals surface area contributed by atoms with Crippen LogP contribution < -0.4 is 10.2 Å². The van der Waals surface area contributed by atoms with Crippen LogP contribution in [-0.4, -0.2) is 35.4 Å². The quantitative estimate of drug-likeness (QED) is 0.825. The van der Waals surface area contributed by atoms with E-state index in [9.17, 15) is 0 Å². The summed E-state index contributed by atoms with van der Waals surface area (Å²) in [7, 11) is 0. The number of piperazine rings is 1. The number of nitrogens with one attached hydrogen (secondary N) is 1. The molecule has 1 saturated heterocycles. The van der Waals surface area contributed by atoms with E-state index < -0.39 is 0 Å². The van der Waals surface area contributed by atoms with Gasteiger partial charge in [0.25, 0.3) is 0 Å². The van der Waals surface area contributed by atoms with Crippen LogP contribution >= 0.6 is 0 Å². The van der Waals surface area contributed by atoms with Gasteiger partial charge in [-0.05, 0) is 26.0 Å². The van der Waals surface area contributed by atoms with Crippen LogP contribution in [0.15, 0.2) is 12.1 Å². The molecule has 4 heteroatoms. The standard InChI is InChI=1S/C14H24N4/c1-13(2,3)11-6-7-12(17-16-11)18-9-8-15-14(4,5)10-18/h6-7,15H,8-10H2,1-5H3. The minimum Gasteiger partial charge on any atom is -0.352 e. The highest BCUT2D eigenvalue weighted by Crippen LogP contribution is 2.22. The fourth-order valence-corrected chi connectivity index (χ4v) is 2.23. The van der Waals surface area contributed by atoms with Crippen molar-refractivity contribution in [3.8, 4) is 0 Å². The Morgan fingerprint density at radius 2 is 1.94 bits per heavy atom. The molecule has 1 aromatic rings. The van der Waals surface area contributed by atoms with E-state index in [1.807, 2.05) is 0 Å². The number of hydrogen-bond acceptors (Lipinski definition) is 4. The van der Waals surface area contributed by atoms with Gasteiger partial charge in [0, 0.05) is 30.6 Å². The van der Waals surface area contributed by atoms with Gasteiger partial charge in [-0.3, -0.25) is 0 Å². The van der Waals surface area contributed by atoms with Crippen molar-refractivity contribution in [2.45, 2.75) is 45.6 Å². The molecule has 0 saturated carbocycles. The second-order valence-corrected chi connectivity index (χ2v) is 6.76. The third kappa shape index (κ3) is 2.99. The molecule has 18 heavy (non-hydrogen) atoms. The maximum absolute atomic E-state index is 4.38. The molecule has 0 atom stereocenters. The molecular weight excluding hydrogens is 224 g/mol. The van der Waals surface area contributed by atoms with Crippen molar-refractivity contribution in [2.24, 2.45) is 0 Å². The van der Waals surface area contributed by atoms with E-state index in [1.165, 1.54) is 0 Å². The summed E-state index contributed by atoms with van der Waals surface area (Å²) < 4.78 is 0. The zero-order valence-electron chi connectivity index (χ0n) is 12.1. The second-order valence-electron chi connectivity index (χ2n) is 6.76. The topological polar surface area (TPSA) is 41.1 Å². The van der Waals surface area contributed by atoms with E-state index in [0.717, 1.165) is 31.1 Å². The highest BCUT2D eigenvalue weighted by Gasteiger charge is 2.26. The van der Waals surface area contributed by atoms with Crippen LogP contribution in [0.3, 0.4) is 0 Å². The molecule has 1 fully saturated rings. The Labute approximate surface area is 110 Å². The van der Waals surface area contributed by atoms with Crippen molar-refractivity contribution < 1.29 is 0 Å². The van der Waals surface area contributed by atoms with Gasteiger partial charge >= 0.3 is 0 Å². The molecule has 4 nitrogen and oxygen atoms in total. The van der Waals surface area contributed by atoms with Crippen LogP contribution in [0.1, 0.15) is 40.3 Å². The average Bonchev–Trinajstić information content (AvgIpc) is 2.27. The molecule has 2 heterocycles. The normalized spacial score (nSPS) is 19.9. The predicted molar refractivity (Wildman–Crippen MR) is 75.0 cm³/mol. The lowest BCUT2D eigenvalue weighted by Crippen LogP contribution is -2.57. The molecule has 0 aliphatic carbocycles. The van der Waals surface area contributed by atoms with Gasteiger partial charge < -0.3 is 10.2 Å². The van der Waals surface area contributed by atoms with E-state index in [-0.39, 0.29) is 11.0 Å². The number of hydrogen-bond donors (Lipinski definition) is 1. The summed E-state index contributed by atoms with van der Waals surface area (Å²) in [5.41, 5.74) is 1.25. The Balaban J connectivity index is 2.15. The first-order chi connectivity index (χ1) is 8.28. The first-order valence-corrected chi connectivity index (χ1v) is 6.62. The Morgan fingerprint density at radius 3 is 2.44 bits per heavy atom. The van der Waals surface area contributed by atoms with Crippen molar-refractivity contribution in [3.05, 3.63) is 17.8 Å². The Bertz CT molecular complexity index is 403. The molecule has 1 aromatic heterocycles. The smallest absolute Gasteiger partial charge is 0.151 e. The second kappa shape index (κ2) is 4.50. The van der Waals surface area contributed by atoms with Crippen LogP contribution in [0.25, 0.3) is 0 Å². The maximum Gasteiger partial charge on any atom is 0.151 e. The Kier molecular flexibility index (Phi) is 3.32. The van der Waals surface area contributed by atoms with Crippen molar-refractivity contribution in [2.75, 3.05) is 24.5 Å². The monoisotopic (exact) mass is 248 g/mol. The summed E-state index contributed by atoms with van der Waals surface area (Å²) >= 11 is 0. The molecule has 1 aliphatic rings. The van der Waals surface area contributed by atoms with Crippen LogP contribution in [0.2, 0.25) is 0 Å². The lowest BCUT2D eigenvalue weighted by Gasteiger charge is -2.39. The number of anilines is 1. The average molecular weight is 248 g/mol. The maximum atomic E-state index is 4.38. The molecule has 1 aliphatic heterocycles. The molecule has 0 aromatic carbocycles. The van der Waals surface area contributed by atoms with Gasteiger partial charge in [-0.25, -0.2) is 0 Å². The van der Waals surface area contributed by atoms with E-state index in [2.05, 4.69) is 67.2 Å². The third-order valence-electron chi connectivity index (χ3n) is 3.31. The van der Waals surface area contributed by atoms with Crippen LogP contribution in [-0.2, 0) is 5.41 Å². The van der Waals surface area contributed by atoms with Crippen LogP contribution in [0.4, 0.5) is 5.82 Å². The molecule has 0 bridgehead atoms. The molecular formula is C14H24N4. The van der Waals surface area contributed by atoms with E-state index in [0.29, 0.717) is 0 Å². The first kappa shape index (κ1) is 13.3. The molecule has 0 amide bonds. The Hall–Kier alpha value is -1.16. The van der Waals surface area contributed by atoms with Gasteiger partial charge in [0.1, 0.15) is 0 Å². The number of nitrogens with zero attached hydrogens (tertiary/aromatic N) is 3. The minimum absolute atomic E-state index is 0.0637. The summed E-state index contributed by atoms with van der Waals surface area (Å²) in [5.74, 6) is 0.984. The molecule has 0 spiro atoms. The number of rotatable bonds is 1. The van der Waals surface area contributed by atoms with Gasteiger partial charge in [-0.15, -0.1) is 5.10 Å². The summed E-state index contributed by atoms with van der Waals surface area (Å²) in [6.45, 7) is 13.9. The molecule has 0 unspecified atom stereocenters. The summed E-state index contributed by atoms with van der Waals surface area (Å²) in [6.07, 6.45) is 0. The molecule has 0 radical (unpaired) electrons. The fourth-order valence-electron chi connectivity index (χ4n) is 2.23. The minimum atomic E-state index is 0.0637. The van der Waals surface area contributed by atoms with Gasteiger partial charge in [0.15, 0.2) is 5.82 Å². The lowest BCUT2D eigenvalue weighted by molar-refractivity contribution is 0.351. The van der Waals surface area contributed by atoms with Crippen molar-refractivity contribution >= 4 is 5.82 Å². The van der Waals surface area contributed by atoms with Gasteiger partial charge in [0.2, 0.25) is 0 Å². The largest absolute Gasteiger partial charge is 0.352 e. The van der Waals surface area contributed by atoms with Gasteiger partial charge in [-0.1, -0.05) is 20.8 Å². The van der Waals surface area contributed by atoms with Crippen molar-refractivity contribution in [1.29, 1.82) is 0 Å². The van der Waals surface area contributed by atoms with Crippen LogP contribution in [0, 0.1) is 0 Å². The molecule has 100 valence electrons. The van der Waals surface area contributed by atoms with E-state index >= 15 is 0 Å². The lowest BCUT2D eigenvalue weighted by atomic mass is 9.92. The summed E-state index contributed by atoms with van der Waals surface area (Å²) in [6, 6.07) is 4.19. The molecule has 1 N–H and O–H groups in total. The zero-order chi connectivity index (χ0) is 13.4. The van der Waals surface area contributed by atoms with Crippen LogP contribution in [0.5, 0.6) is 0 Å². The van der Waals surface area contributed by atoms with E-state index in [4.69, 9.17) is 0 Å². The Morgan fingerprint density at radius 1 is 1.22 bits per heavy atom. The zero-order valence-corrected chi connectivity index (χ0v) is 12.1. The highest BCUT2D eigenvalue weighted by atomic mass is 15.3. The SMILES string of the molecule is CC1(C)CN(c2ccc(C(C)(C)C)nn2)CCN1. The van der Waals surface area contributed by atoms with Gasteiger partial charge in [-0.2, -0.15) is 5.10 Å². The third-order valence-corrected chi connectivity index (χ3v) is 3.31. The fraction of sp³-hybridized carbons (Fsp3) is 0.714. The molecule has 2 rings (SSSR count). The summed E-state index contributed by atoms with van der Waals surface area (Å²) in [4.78, 5) is 2.30.